The maximum Gasteiger partial charge on any atom is 0.433 e. The molecule has 8 heteroatoms. The number of hydrogen-bond acceptors (Lipinski definition) is 4. The smallest absolute Gasteiger partial charge is 0.298 e. The number of carbonyl (C=O) groups is 3. The molecule has 0 aliphatic heterocycles. The van der Waals surface area contributed by atoms with E-state index in [2.05, 4.69) is 4.98 Å². The average molecular weight is 388 g/mol. The summed E-state index contributed by atoms with van der Waals surface area (Å²) >= 11 is 6.21. The van der Waals surface area contributed by atoms with Crippen molar-refractivity contribution < 1.29 is 27.6 Å². The lowest BCUT2D eigenvalue weighted by Gasteiger charge is -2.38. The van der Waals surface area contributed by atoms with Crippen molar-refractivity contribution in [1.82, 2.24) is 4.98 Å². The van der Waals surface area contributed by atoms with E-state index in [-0.39, 0.29) is 21.9 Å². The molecule has 0 radical (unpaired) electrons. The van der Waals surface area contributed by atoms with E-state index in [1.165, 1.54) is 34.6 Å². The normalized spacial score (nSPS) is 19.7. The number of allylic oxidation sites excluding steroid dienone is 2. The lowest BCUT2D eigenvalue weighted by atomic mass is 9.63. The van der Waals surface area contributed by atoms with Gasteiger partial charge in [0.1, 0.15) is 5.69 Å². The third-order valence-corrected chi connectivity index (χ3v) is 5.21. The summed E-state index contributed by atoms with van der Waals surface area (Å²) in [5, 5.41) is -0.212. The topological polar surface area (TPSA) is 64.1 Å². The fraction of sp³-hybridized carbons (Fsp3) is 0.444. The average Bonchev–Trinajstić information content (AvgIpc) is 2.51. The van der Waals surface area contributed by atoms with Crippen molar-refractivity contribution in [3.8, 4) is 0 Å². The molecule has 140 valence electrons. The maximum absolute atomic E-state index is 12.9. The molecule has 0 spiro atoms. The van der Waals surface area contributed by atoms with E-state index in [1.807, 2.05) is 0 Å². The molecule has 1 aromatic heterocycles. The number of pyridine rings is 1. The van der Waals surface area contributed by atoms with Gasteiger partial charge in [-0.05, 0) is 46.8 Å². The molecule has 0 atom stereocenters. The largest absolute Gasteiger partial charge is 0.433 e. The van der Waals surface area contributed by atoms with Gasteiger partial charge in [-0.1, -0.05) is 11.6 Å². The minimum absolute atomic E-state index is 0.166. The van der Waals surface area contributed by atoms with Crippen LogP contribution < -0.4 is 0 Å². The van der Waals surface area contributed by atoms with Gasteiger partial charge >= 0.3 is 6.18 Å². The quantitative estimate of drug-likeness (QED) is 0.431. The second-order valence-electron chi connectivity index (χ2n) is 7.25. The number of aromatic nitrogens is 1. The first-order chi connectivity index (χ1) is 11.6. The molecule has 1 aliphatic carbocycles. The molecule has 0 aromatic carbocycles. The summed E-state index contributed by atoms with van der Waals surface area (Å²) in [6, 6.07) is 1.64. The number of ketones is 3. The van der Waals surface area contributed by atoms with Crippen molar-refractivity contribution in [2.24, 2.45) is 10.8 Å². The highest BCUT2D eigenvalue weighted by atomic mass is 35.5. The Morgan fingerprint density at radius 2 is 1.62 bits per heavy atom. The van der Waals surface area contributed by atoms with Gasteiger partial charge in [-0.25, -0.2) is 4.98 Å². The van der Waals surface area contributed by atoms with E-state index in [0.717, 1.165) is 6.07 Å². The summed E-state index contributed by atoms with van der Waals surface area (Å²) in [5.74, 6) is -2.03. The van der Waals surface area contributed by atoms with Crippen LogP contribution in [0.25, 0.3) is 0 Å². The summed E-state index contributed by atoms with van der Waals surface area (Å²) in [4.78, 5) is 41.5. The summed E-state index contributed by atoms with van der Waals surface area (Å²) in [6.07, 6.45) is -4.65. The van der Waals surface area contributed by atoms with Crippen molar-refractivity contribution in [2.75, 3.05) is 0 Å². The fourth-order valence-corrected chi connectivity index (χ4v) is 3.26. The highest BCUT2D eigenvalue weighted by molar-refractivity contribution is 6.45. The Balaban J connectivity index is 2.64. The lowest BCUT2D eigenvalue weighted by molar-refractivity contribution is -0.143. The van der Waals surface area contributed by atoms with E-state index < -0.39 is 40.0 Å². The predicted molar refractivity (Wildman–Crippen MR) is 88.8 cm³/mol. The highest BCUT2D eigenvalue weighted by Gasteiger charge is 2.53. The Kier molecular flexibility index (Phi) is 4.69. The van der Waals surface area contributed by atoms with Crippen LogP contribution in [-0.2, 0) is 15.8 Å². The third kappa shape index (κ3) is 2.98. The van der Waals surface area contributed by atoms with Crippen molar-refractivity contribution in [3.63, 3.8) is 0 Å². The predicted octanol–water partition coefficient (Wildman–Crippen LogP) is 4.29. The van der Waals surface area contributed by atoms with Crippen LogP contribution in [0.3, 0.4) is 0 Å². The zero-order valence-corrected chi connectivity index (χ0v) is 15.6. The number of hydrogen-bond donors (Lipinski definition) is 0. The van der Waals surface area contributed by atoms with Crippen LogP contribution in [0.5, 0.6) is 0 Å². The second kappa shape index (κ2) is 6.01. The minimum Gasteiger partial charge on any atom is -0.298 e. The summed E-state index contributed by atoms with van der Waals surface area (Å²) in [6.45, 7) is 7.03. The zero-order chi connectivity index (χ0) is 20.2. The molecule has 0 saturated carbocycles. The molecule has 0 bridgehead atoms. The lowest BCUT2D eigenvalue weighted by Crippen LogP contribution is -2.49. The first-order valence-corrected chi connectivity index (χ1v) is 8.10. The number of rotatable bonds is 2. The molecule has 0 amide bonds. The van der Waals surface area contributed by atoms with Gasteiger partial charge in [-0.2, -0.15) is 13.2 Å². The third-order valence-electron chi connectivity index (χ3n) is 4.55. The molecule has 1 aliphatic rings. The van der Waals surface area contributed by atoms with Crippen LogP contribution in [0.4, 0.5) is 13.2 Å². The Morgan fingerprint density at radius 3 is 2.08 bits per heavy atom. The van der Waals surface area contributed by atoms with Gasteiger partial charge in [-0.3, -0.25) is 14.4 Å². The van der Waals surface area contributed by atoms with Crippen LogP contribution in [-0.4, -0.2) is 22.3 Å². The number of carbonyl (C=O) groups excluding carboxylic acids is 3. The Bertz CT molecular complexity index is 867. The van der Waals surface area contributed by atoms with Crippen molar-refractivity contribution in [1.29, 1.82) is 0 Å². The van der Waals surface area contributed by atoms with E-state index in [9.17, 15) is 27.6 Å². The molecule has 0 N–H and O–H groups in total. The SMILES string of the molecule is Cc1nc(C(F)(F)F)ccc1C(=O)C1=C(Cl)C(C)(C)C(=O)C(C)(C)C1=O. The summed E-state index contributed by atoms with van der Waals surface area (Å²) < 4.78 is 38.3. The Hall–Kier alpha value is -2.02. The van der Waals surface area contributed by atoms with Crippen LogP contribution in [0, 0.1) is 17.8 Å². The molecule has 0 saturated heterocycles. The molecule has 1 aromatic rings. The molecule has 2 rings (SSSR count). The molecule has 1 heterocycles. The van der Waals surface area contributed by atoms with E-state index >= 15 is 0 Å². The van der Waals surface area contributed by atoms with Gasteiger partial charge < -0.3 is 0 Å². The fourth-order valence-electron chi connectivity index (χ4n) is 3.01. The molecular weight excluding hydrogens is 371 g/mol. The van der Waals surface area contributed by atoms with E-state index in [1.54, 1.807) is 0 Å². The monoisotopic (exact) mass is 387 g/mol. The van der Waals surface area contributed by atoms with Crippen molar-refractivity contribution >= 4 is 29.0 Å². The van der Waals surface area contributed by atoms with Gasteiger partial charge in [0.15, 0.2) is 17.3 Å². The molecule has 0 unspecified atom stereocenters. The van der Waals surface area contributed by atoms with Crippen LogP contribution >= 0.6 is 11.6 Å². The molecule has 0 fully saturated rings. The first-order valence-electron chi connectivity index (χ1n) is 7.73. The van der Waals surface area contributed by atoms with Crippen LogP contribution in [0.1, 0.15) is 49.4 Å². The maximum atomic E-state index is 12.9. The number of nitrogens with zero attached hydrogens (tertiary/aromatic N) is 1. The van der Waals surface area contributed by atoms with Gasteiger partial charge in [0.2, 0.25) is 0 Å². The van der Waals surface area contributed by atoms with Gasteiger partial charge in [0, 0.05) is 16.3 Å². The van der Waals surface area contributed by atoms with Gasteiger partial charge in [0.25, 0.3) is 0 Å². The first kappa shape index (κ1) is 20.3. The molecular formula is C18H17ClF3NO3. The van der Waals surface area contributed by atoms with E-state index in [4.69, 9.17) is 11.6 Å². The zero-order valence-electron chi connectivity index (χ0n) is 14.8. The number of Topliss-reactive ketones (excluding diaryl/α,β-unsaturated/α-hetero) is 3. The standard InChI is InChI=1S/C18H17ClF3NO3/c1-8-9(6-7-10(23-8)18(20,21)22)12(24)11-13(19)16(2,3)15(26)17(4,5)14(11)25/h6-7H,1-5H3. The van der Waals surface area contributed by atoms with E-state index in [0.29, 0.717) is 6.07 Å². The summed E-state index contributed by atoms with van der Waals surface area (Å²) in [7, 11) is 0. The number of aryl methyl sites for hydroxylation is 1. The molecule has 4 nitrogen and oxygen atoms in total. The van der Waals surface area contributed by atoms with Gasteiger partial charge in [-0.15, -0.1) is 0 Å². The summed E-state index contributed by atoms with van der Waals surface area (Å²) in [5.41, 5.74) is -4.61. The van der Waals surface area contributed by atoms with Gasteiger partial charge in [0.05, 0.1) is 16.4 Å². The Labute approximate surface area is 153 Å². The number of alkyl halides is 3. The van der Waals surface area contributed by atoms with Crippen molar-refractivity contribution in [3.05, 3.63) is 39.7 Å². The van der Waals surface area contributed by atoms with Crippen molar-refractivity contribution in [2.45, 2.75) is 40.8 Å². The minimum atomic E-state index is -4.65. The molecule has 26 heavy (non-hydrogen) atoms. The Morgan fingerprint density at radius 1 is 1.08 bits per heavy atom. The number of halogens is 4. The van der Waals surface area contributed by atoms with Crippen LogP contribution in [0.15, 0.2) is 22.7 Å². The highest BCUT2D eigenvalue weighted by Crippen LogP contribution is 2.46. The second-order valence-corrected chi connectivity index (χ2v) is 7.63. The van der Waals surface area contributed by atoms with Crippen LogP contribution in [0.2, 0.25) is 0 Å².